The molecule has 1 aliphatic carbocycles. The molecular weight excluding hydrogens is 442 g/mol. The number of rotatable bonds is 6. The molecule has 10 heteroatoms. The van der Waals surface area contributed by atoms with E-state index in [0.717, 1.165) is 11.6 Å². The smallest absolute Gasteiger partial charge is 0.419 e. The summed E-state index contributed by atoms with van der Waals surface area (Å²) in [6, 6.07) is 6.53. The van der Waals surface area contributed by atoms with E-state index in [2.05, 4.69) is 22.3 Å². The fourth-order valence-electron chi connectivity index (χ4n) is 3.67. The maximum Gasteiger partial charge on any atom is 0.419 e. The molecule has 172 valence electrons. The van der Waals surface area contributed by atoms with Crippen LogP contribution in [0.2, 0.25) is 0 Å². The van der Waals surface area contributed by atoms with E-state index in [0.29, 0.717) is 29.4 Å². The summed E-state index contributed by atoms with van der Waals surface area (Å²) >= 11 is 0. The summed E-state index contributed by atoms with van der Waals surface area (Å²) in [6.07, 6.45) is -0.232. The molecule has 1 aliphatic heterocycles. The van der Waals surface area contributed by atoms with Gasteiger partial charge in [-0.05, 0) is 62.2 Å². The van der Waals surface area contributed by atoms with Crippen LogP contribution in [0.15, 0.2) is 65.5 Å². The molecule has 2 aromatic rings. The third-order valence-corrected chi connectivity index (χ3v) is 5.25. The summed E-state index contributed by atoms with van der Waals surface area (Å²) < 4.78 is 63.7. The quantitative estimate of drug-likeness (QED) is 0.262. The van der Waals surface area contributed by atoms with Gasteiger partial charge in [-0.15, -0.1) is 0 Å². The molecule has 1 fully saturated rings. The van der Waals surface area contributed by atoms with Crippen molar-refractivity contribution in [3.05, 3.63) is 77.5 Å². The molecule has 1 heterocycles. The molecule has 0 unspecified atom stereocenters. The minimum absolute atomic E-state index is 0.118. The second kappa shape index (κ2) is 8.61. The number of hydrogen-bond donors (Lipinski definition) is 2. The first-order chi connectivity index (χ1) is 15.7. The van der Waals surface area contributed by atoms with Gasteiger partial charge < -0.3 is 20.1 Å². The van der Waals surface area contributed by atoms with Crippen molar-refractivity contribution in [3.63, 3.8) is 0 Å². The van der Waals surface area contributed by atoms with Gasteiger partial charge in [0.15, 0.2) is 0 Å². The number of alkyl halides is 3. The highest BCUT2D eigenvalue weighted by atomic mass is 19.4. The number of aliphatic imine (C=N–C) groups is 1. The number of nitrogens with zero attached hydrogens (tertiary/aromatic N) is 1. The van der Waals surface area contributed by atoms with Gasteiger partial charge in [-0.1, -0.05) is 0 Å². The first-order valence-corrected chi connectivity index (χ1v) is 9.92. The average molecular weight is 461 g/mol. The molecule has 3 atom stereocenters. The molecule has 4 rings (SSSR count). The Morgan fingerprint density at radius 1 is 1.24 bits per heavy atom. The number of amides is 2. The van der Waals surface area contributed by atoms with Crippen molar-refractivity contribution in [3.8, 4) is 11.5 Å². The van der Waals surface area contributed by atoms with Crippen LogP contribution in [0.5, 0.6) is 11.5 Å². The van der Waals surface area contributed by atoms with Gasteiger partial charge in [0.05, 0.1) is 17.5 Å². The predicted octanol–water partition coefficient (Wildman–Crippen LogP) is 5.39. The number of nitrogens with one attached hydrogen (secondary N) is 2. The predicted molar refractivity (Wildman–Crippen MR) is 114 cm³/mol. The fraction of sp³-hybridized carbons (Fsp3) is 0.217. The highest BCUT2D eigenvalue weighted by Crippen LogP contribution is 2.54. The van der Waals surface area contributed by atoms with Crippen molar-refractivity contribution in [2.75, 3.05) is 5.32 Å². The van der Waals surface area contributed by atoms with Gasteiger partial charge >= 0.3 is 12.2 Å². The highest BCUT2D eigenvalue weighted by Gasteiger charge is 2.59. The number of benzene rings is 2. The van der Waals surface area contributed by atoms with Crippen LogP contribution in [0.3, 0.4) is 0 Å². The van der Waals surface area contributed by atoms with E-state index >= 15 is 0 Å². The zero-order chi connectivity index (χ0) is 23.8. The Kier molecular flexibility index (Phi) is 5.84. The Bertz CT molecular complexity index is 1160. The Hall–Kier alpha value is -3.82. The van der Waals surface area contributed by atoms with Gasteiger partial charge in [0.25, 0.3) is 0 Å². The second-order valence-corrected chi connectivity index (χ2v) is 7.42. The Morgan fingerprint density at radius 2 is 2.03 bits per heavy atom. The summed E-state index contributed by atoms with van der Waals surface area (Å²) in [5, 5.41) is 4.99. The highest BCUT2D eigenvalue weighted by molar-refractivity contribution is 5.90. The third kappa shape index (κ3) is 4.69. The van der Waals surface area contributed by atoms with Gasteiger partial charge in [-0.25, -0.2) is 9.18 Å². The first-order valence-electron chi connectivity index (χ1n) is 9.92. The van der Waals surface area contributed by atoms with Crippen LogP contribution in [-0.2, 0) is 6.18 Å². The monoisotopic (exact) mass is 461 g/mol. The number of anilines is 1. The van der Waals surface area contributed by atoms with Crippen molar-refractivity contribution in [2.45, 2.75) is 31.2 Å². The van der Waals surface area contributed by atoms with Crippen molar-refractivity contribution in [1.29, 1.82) is 0 Å². The van der Waals surface area contributed by atoms with Crippen LogP contribution >= 0.6 is 0 Å². The van der Waals surface area contributed by atoms with Gasteiger partial charge in [-0.3, -0.25) is 4.99 Å². The topological polar surface area (TPSA) is 72.0 Å². The number of urea groups is 1. The molecule has 2 amide bonds. The number of allylic oxidation sites excluding steroid dienone is 2. The SMILES string of the molecule is C=N/C=C\C(=C/C)Oc1ccc2c(c1)[C@H]1[C@H](NC(=O)Nc3ccc(F)c(C(F)(F)F)c3)[C@H]1O2. The maximum absolute atomic E-state index is 13.4. The van der Waals surface area contributed by atoms with Crippen LogP contribution in [0.25, 0.3) is 0 Å². The summed E-state index contributed by atoms with van der Waals surface area (Å²) in [7, 11) is 0. The molecule has 0 bridgehead atoms. The second-order valence-electron chi connectivity index (χ2n) is 7.42. The summed E-state index contributed by atoms with van der Waals surface area (Å²) in [4.78, 5) is 15.9. The molecule has 2 aliphatic rings. The molecule has 1 saturated carbocycles. The van der Waals surface area contributed by atoms with Crippen LogP contribution in [0.1, 0.15) is 24.0 Å². The molecule has 6 nitrogen and oxygen atoms in total. The number of ether oxygens (including phenoxy) is 2. The van der Waals surface area contributed by atoms with Crippen molar-refractivity contribution < 1.29 is 31.8 Å². The Labute approximate surface area is 186 Å². The van der Waals surface area contributed by atoms with E-state index in [9.17, 15) is 22.4 Å². The van der Waals surface area contributed by atoms with Crippen LogP contribution in [0, 0.1) is 5.82 Å². The lowest BCUT2D eigenvalue weighted by atomic mass is 10.1. The molecule has 2 N–H and O–H groups in total. The van der Waals surface area contributed by atoms with E-state index in [1.54, 1.807) is 24.3 Å². The molecule has 0 spiro atoms. The third-order valence-electron chi connectivity index (χ3n) is 5.25. The largest absolute Gasteiger partial charge is 0.487 e. The lowest BCUT2D eigenvalue weighted by Gasteiger charge is -2.14. The van der Waals surface area contributed by atoms with Gasteiger partial charge in [0.2, 0.25) is 0 Å². The van der Waals surface area contributed by atoms with Gasteiger partial charge in [0.1, 0.15) is 29.2 Å². The fourth-order valence-corrected chi connectivity index (χ4v) is 3.67. The van der Waals surface area contributed by atoms with E-state index < -0.39 is 23.6 Å². The standard InChI is InChI=1S/C23H19F4N3O3/c1-3-13(8-9-28-2)32-14-5-7-18-15(11-14)19-20(21(19)33-18)30-22(31)29-12-4-6-17(24)16(10-12)23(25,26)27/h3-11,19-21H,2H2,1H3,(H2,29,30,31)/b9-8-,13-3+/t19-,20-,21-/m0/s1. The molecule has 33 heavy (non-hydrogen) atoms. The molecule has 2 aromatic carbocycles. The van der Waals surface area contributed by atoms with E-state index in [4.69, 9.17) is 9.47 Å². The lowest BCUT2D eigenvalue weighted by molar-refractivity contribution is -0.139. The normalized spacial score (nSPS) is 21.1. The molecule has 0 saturated heterocycles. The van der Waals surface area contributed by atoms with Crippen LogP contribution in [-0.4, -0.2) is 24.9 Å². The molecule has 0 aromatic heterocycles. The summed E-state index contributed by atoms with van der Waals surface area (Å²) in [6.45, 7) is 5.18. The zero-order valence-electron chi connectivity index (χ0n) is 17.3. The minimum Gasteiger partial charge on any atom is -0.487 e. The van der Waals surface area contributed by atoms with E-state index in [1.807, 2.05) is 13.0 Å². The Balaban J connectivity index is 1.40. The van der Waals surface area contributed by atoms with Crippen molar-refractivity contribution >= 4 is 18.4 Å². The van der Waals surface area contributed by atoms with Gasteiger partial charge in [0, 0.05) is 17.5 Å². The Morgan fingerprint density at radius 3 is 2.73 bits per heavy atom. The van der Waals surface area contributed by atoms with Crippen molar-refractivity contribution in [2.24, 2.45) is 4.99 Å². The average Bonchev–Trinajstić information content (AvgIpc) is 3.27. The van der Waals surface area contributed by atoms with E-state index in [-0.39, 0.29) is 23.8 Å². The van der Waals surface area contributed by atoms with Crippen LogP contribution in [0.4, 0.5) is 28.0 Å². The van der Waals surface area contributed by atoms with Gasteiger partial charge in [-0.2, -0.15) is 13.2 Å². The first kappa shape index (κ1) is 22.4. The minimum atomic E-state index is -4.87. The zero-order valence-corrected chi connectivity index (χ0v) is 17.3. The summed E-state index contributed by atoms with van der Waals surface area (Å²) in [5.41, 5.74) is -0.775. The number of hydrogen-bond acceptors (Lipinski definition) is 4. The molecular formula is C23H19F4N3O3. The van der Waals surface area contributed by atoms with Crippen LogP contribution < -0.4 is 20.1 Å². The summed E-state index contributed by atoms with van der Waals surface area (Å²) in [5.74, 6) is 0.286. The number of carbonyl (C=O) groups excluding carboxylic acids is 1. The maximum atomic E-state index is 13.4. The van der Waals surface area contributed by atoms with E-state index in [1.165, 1.54) is 6.20 Å². The van der Waals surface area contributed by atoms with Crippen molar-refractivity contribution in [1.82, 2.24) is 5.32 Å². The number of halogens is 4. The number of carbonyl (C=O) groups is 1. The molecule has 0 radical (unpaired) electrons. The lowest BCUT2D eigenvalue weighted by Crippen LogP contribution is -2.34. The number of fused-ring (bicyclic) bond motifs is 3.